The van der Waals surface area contributed by atoms with Crippen molar-refractivity contribution in [2.24, 2.45) is 0 Å². The van der Waals surface area contributed by atoms with Gasteiger partial charge in [-0.2, -0.15) is 0 Å². The molecule has 1 fully saturated rings. The van der Waals surface area contributed by atoms with E-state index in [0.29, 0.717) is 11.2 Å². The van der Waals surface area contributed by atoms with E-state index < -0.39 is 0 Å². The van der Waals surface area contributed by atoms with Crippen LogP contribution < -0.4 is 10.6 Å². The summed E-state index contributed by atoms with van der Waals surface area (Å²) >= 11 is 5.29. The number of thiocarbonyl (C=S) groups is 1. The van der Waals surface area contributed by atoms with E-state index in [0.717, 1.165) is 26.0 Å². The van der Waals surface area contributed by atoms with Crippen molar-refractivity contribution in [2.75, 3.05) is 13.2 Å². The van der Waals surface area contributed by atoms with Gasteiger partial charge in [0.15, 0.2) is 5.11 Å². The minimum Gasteiger partial charge on any atom is -0.376 e. The zero-order valence-electron chi connectivity index (χ0n) is 10.7. The van der Waals surface area contributed by atoms with Gasteiger partial charge in [0.25, 0.3) is 0 Å². The first-order valence-corrected chi connectivity index (χ1v) is 6.87. The lowest BCUT2D eigenvalue weighted by molar-refractivity contribution is 0.114. The summed E-state index contributed by atoms with van der Waals surface area (Å²) in [5.74, 6) is 0. The third-order valence-corrected chi connectivity index (χ3v) is 3.42. The first-order valence-electron chi connectivity index (χ1n) is 6.46. The molecular weight excluding hydrogens is 244 g/mol. The van der Waals surface area contributed by atoms with Gasteiger partial charge in [0.1, 0.15) is 0 Å². The van der Waals surface area contributed by atoms with E-state index in [1.165, 1.54) is 5.56 Å². The summed E-state index contributed by atoms with van der Waals surface area (Å²) in [6.45, 7) is 3.79. The Morgan fingerprint density at radius 1 is 1.44 bits per heavy atom. The quantitative estimate of drug-likeness (QED) is 0.818. The molecular formula is C14H20N2OS. The van der Waals surface area contributed by atoms with Crippen LogP contribution in [-0.2, 0) is 4.74 Å². The molecule has 0 aliphatic carbocycles. The highest BCUT2D eigenvalue weighted by atomic mass is 32.1. The van der Waals surface area contributed by atoms with Gasteiger partial charge in [0.05, 0.1) is 12.1 Å². The molecule has 0 aromatic heterocycles. The molecule has 98 valence electrons. The largest absolute Gasteiger partial charge is 0.376 e. The van der Waals surface area contributed by atoms with E-state index in [2.05, 4.69) is 29.7 Å². The lowest BCUT2D eigenvalue weighted by atomic mass is 10.1. The van der Waals surface area contributed by atoms with E-state index in [-0.39, 0.29) is 6.04 Å². The number of ether oxygens (including phenoxy) is 1. The summed E-state index contributed by atoms with van der Waals surface area (Å²) in [4.78, 5) is 0. The number of rotatable bonds is 4. The monoisotopic (exact) mass is 264 g/mol. The first-order chi connectivity index (χ1) is 8.75. The molecule has 0 spiro atoms. The Kier molecular flexibility index (Phi) is 4.96. The second-order valence-corrected chi connectivity index (χ2v) is 5.03. The van der Waals surface area contributed by atoms with E-state index >= 15 is 0 Å². The molecule has 1 aliphatic heterocycles. The molecule has 0 saturated carbocycles. The number of hydrogen-bond acceptors (Lipinski definition) is 2. The van der Waals surface area contributed by atoms with Crippen LogP contribution in [-0.4, -0.2) is 24.4 Å². The van der Waals surface area contributed by atoms with Crippen LogP contribution in [0.5, 0.6) is 0 Å². The fraction of sp³-hybridized carbons (Fsp3) is 0.500. The minimum atomic E-state index is 0.218. The Balaban J connectivity index is 1.73. The molecule has 0 radical (unpaired) electrons. The molecule has 1 heterocycles. The lowest BCUT2D eigenvalue weighted by Crippen LogP contribution is -2.40. The average molecular weight is 264 g/mol. The number of hydrogen-bond donors (Lipinski definition) is 2. The first kappa shape index (κ1) is 13.3. The zero-order chi connectivity index (χ0) is 12.8. The fourth-order valence-corrected chi connectivity index (χ4v) is 2.34. The van der Waals surface area contributed by atoms with Gasteiger partial charge in [-0.25, -0.2) is 0 Å². The molecule has 0 bridgehead atoms. The third kappa shape index (κ3) is 3.96. The predicted molar refractivity (Wildman–Crippen MR) is 77.6 cm³/mol. The van der Waals surface area contributed by atoms with Crippen LogP contribution in [0.1, 0.15) is 31.4 Å². The van der Waals surface area contributed by atoms with E-state index in [1.807, 2.05) is 18.2 Å². The van der Waals surface area contributed by atoms with Crippen molar-refractivity contribution >= 4 is 17.3 Å². The maximum Gasteiger partial charge on any atom is 0.166 e. The average Bonchev–Trinajstić information content (AvgIpc) is 2.90. The van der Waals surface area contributed by atoms with Gasteiger partial charge in [0.2, 0.25) is 0 Å². The fourth-order valence-electron chi connectivity index (χ4n) is 2.08. The minimum absolute atomic E-state index is 0.218. The van der Waals surface area contributed by atoms with Crippen LogP contribution in [0.3, 0.4) is 0 Å². The van der Waals surface area contributed by atoms with Crippen LogP contribution >= 0.6 is 12.2 Å². The van der Waals surface area contributed by atoms with Crippen molar-refractivity contribution in [1.29, 1.82) is 0 Å². The van der Waals surface area contributed by atoms with Gasteiger partial charge in [-0.3, -0.25) is 0 Å². The van der Waals surface area contributed by atoms with Crippen molar-refractivity contribution < 1.29 is 4.74 Å². The normalized spacial score (nSPS) is 20.4. The topological polar surface area (TPSA) is 33.3 Å². The van der Waals surface area contributed by atoms with Crippen LogP contribution in [0, 0.1) is 0 Å². The van der Waals surface area contributed by atoms with Gasteiger partial charge in [-0.05, 0) is 37.5 Å². The Labute approximate surface area is 114 Å². The summed E-state index contributed by atoms with van der Waals surface area (Å²) in [5, 5.41) is 7.20. The molecule has 1 aliphatic rings. The Hall–Kier alpha value is -1.13. The SMILES string of the molecule is C[C@H](NC(=S)NC[C@H]1CCCO1)c1ccccc1. The van der Waals surface area contributed by atoms with Gasteiger partial charge in [0, 0.05) is 13.2 Å². The van der Waals surface area contributed by atoms with Gasteiger partial charge in [-0.15, -0.1) is 0 Å². The number of benzene rings is 1. The molecule has 0 amide bonds. The second kappa shape index (κ2) is 6.71. The molecule has 1 saturated heterocycles. The van der Waals surface area contributed by atoms with E-state index in [4.69, 9.17) is 17.0 Å². The standard InChI is InChI=1S/C14H20N2OS/c1-11(12-6-3-2-4-7-12)16-14(18)15-10-13-8-5-9-17-13/h2-4,6-7,11,13H,5,8-10H2,1H3,(H2,15,16,18)/t11-,13+/m0/s1. The van der Waals surface area contributed by atoms with Crippen LogP contribution in [0.15, 0.2) is 30.3 Å². The summed E-state index contributed by atoms with van der Waals surface area (Å²) in [6, 6.07) is 10.5. The summed E-state index contributed by atoms with van der Waals surface area (Å²) in [7, 11) is 0. The summed E-state index contributed by atoms with van der Waals surface area (Å²) < 4.78 is 5.54. The van der Waals surface area contributed by atoms with Crippen LogP contribution in [0.25, 0.3) is 0 Å². The molecule has 1 aromatic carbocycles. The molecule has 18 heavy (non-hydrogen) atoms. The Morgan fingerprint density at radius 3 is 2.89 bits per heavy atom. The molecule has 3 nitrogen and oxygen atoms in total. The Morgan fingerprint density at radius 2 is 2.22 bits per heavy atom. The molecule has 2 atom stereocenters. The zero-order valence-corrected chi connectivity index (χ0v) is 11.5. The van der Waals surface area contributed by atoms with Crippen molar-refractivity contribution in [3.05, 3.63) is 35.9 Å². The van der Waals surface area contributed by atoms with Crippen molar-refractivity contribution in [3.63, 3.8) is 0 Å². The lowest BCUT2D eigenvalue weighted by Gasteiger charge is -2.18. The third-order valence-electron chi connectivity index (χ3n) is 3.16. The summed E-state index contributed by atoms with van der Waals surface area (Å²) in [5.41, 5.74) is 1.23. The molecule has 0 unspecified atom stereocenters. The smallest absolute Gasteiger partial charge is 0.166 e. The maximum atomic E-state index is 5.54. The van der Waals surface area contributed by atoms with Gasteiger partial charge in [-0.1, -0.05) is 30.3 Å². The highest BCUT2D eigenvalue weighted by Crippen LogP contribution is 2.12. The van der Waals surface area contributed by atoms with Gasteiger partial charge >= 0.3 is 0 Å². The highest BCUT2D eigenvalue weighted by Gasteiger charge is 2.15. The molecule has 4 heteroatoms. The number of nitrogens with one attached hydrogen (secondary N) is 2. The maximum absolute atomic E-state index is 5.54. The highest BCUT2D eigenvalue weighted by molar-refractivity contribution is 7.80. The van der Waals surface area contributed by atoms with Gasteiger partial charge < -0.3 is 15.4 Å². The van der Waals surface area contributed by atoms with E-state index in [9.17, 15) is 0 Å². The van der Waals surface area contributed by atoms with Crippen LogP contribution in [0.4, 0.5) is 0 Å². The van der Waals surface area contributed by atoms with Crippen molar-refractivity contribution in [3.8, 4) is 0 Å². The predicted octanol–water partition coefficient (Wildman–Crippen LogP) is 2.39. The summed E-state index contributed by atoms with van der Waals surface area (Å²) in [6.07, 6.45) is 2.60. The van der Waals surface area contributed by atoms with Crippen molar-refractivity contribution in [1.82, 2.24) is 10.6 Å². The second-order valence-electron chi connectivity index (χ2n) is 4.62. The molecule has 2 N–H and O–H groups in total. The Bertz CT molecular complexity index is 377. The molecule has 1 aromatic rings. The van der Waals surface area contributed by atoms with Crippen LogP contribution in [0.2, 0.25) is 0 Å². The van der Waals surface area contributed by atoms with E-state index in [1.54, 1.807) is 0 Å². The van der Waals surface area contributed by atoms with Crippen molar-refractivity contribution in [2.45, 2.75) is 31.9 Å². The molecule has 2 rings (SSSR count).